The van der Waals surface area contributed by atoms with Crippen LogP contribution in [0.3, 0.4) is 0 Å². The molecule has 0 amide bonds. The highest BCUT2D eigenvalue weighted by molar-refractivity contribution is 9.10. The van der Waals surface area contributed by atoms with Gasteiger partial charge in [0, 0.05) is 9.72 Å². The Labute approximate surface area is 108 Å². The monoisotopic (exact) mass is 304 g/mol. The second kappa shape index (κ2) is 5.52. The molecule has 0 saturated carbocycles. The molecule has 4 heteroatoms. The summed E-state index contributed by atoms with van der Waals surface area (Å²) >= 11 is 5.08. The molecule has 1 nitrogen and oxygen atoms in total. The van der Waals surface area contributed by atoms with Crippen LogP contribution in [-0.2, 0) is 6.42 Å². The van der Waals surface area contributed by atoms with Gasteiger partial charge in [-0.3, -0.25) is 0 Å². The Hall–Kier alpha value is -0.0600. The van der Waals surface area contributed by atoms with Gasteiger partial charge in [0.2, 0.25) is 0 Å². The average Bonchev–Trinajstić information content (AvgIpc) is 2.68. The molecular formula is C12H14BrFOS. The number of thioether (sulfide) groups is 1. The van der Waals surface area contributed by atoms with E-state index < -0.39 is 0 Å². The summed E-state index contributed by atoms with van der Waals surface area (Å²) in [5, 5.41) is 10.3. The van der Waals surface area contributed by atoms with E-state index in [2.05, 4.69) is 15.9 Å². The van der Waals surface area contributed by atoms with Crippen molar-refractivity contribution in [3.05, 3.63) is 34.1 Å². The van der Waals surface area contributed by atoms with Gasteiger partial charge in [0.1, 0.15) is 5.82 Å². The van der Waals surface area contributed by atoms with Crippen LogP contribution in [0.4, 0.5) is 4.39 Å². The SMILES string of the molecule is OC(Cc1cc(F)cc(Br)c1)C1CCCS1. The van der Waals surface area contributed by atoms with E-state index in [-0.39, 0.29) is 11.9 Å². The smallest absolute Gasteiger partial charge is 0.124 e. The zero-order valence-electron chi connectivity index (χ0n) is 8.83. The second-order valence-corrected chi connectivity index (χ2v) is 6.36. The molecule has 2 unspecified atom stereocenters. The van der Waals surface area contributed by atoms with Crippen LogP contribution in [0.25, 0.3) is 0 Å². The molecule has 1 aliphatic rings. The normalized spacial score (nSPS) is 22.3. The fraction of sp³-hybridized carbons (Fsp3) is 0.500. The van der Waals surface area contributed by atoms with Crippen LogP contribution in [-0.4, -0.2) is 22.2 Å². The number of aliphatic hydroxyl groups is 1. The molecule has 1 aromatic carbocycles. The van der Waals surface area contributed by atoms with E-state index >= 15 is 0 Å². The van der Waals surface area contributed by atoms with Gasteiger partial charge in [-0.15, -0.1) is 0 Å². The molecule has 1 aliphatic heterocycles. The maximum atomic E-state index is 13.1. The fourth-order valence-electron chi connectivity index (χ4n) is 2.01. The largest absolute Gasteiger partial charge is 0.392 e. The van der Waals surface area contributed by atoms with Crippen LogP contribution in [0.15, 0.2) is 22.7 Å². The summed E-state index contributed by atoms with van der Waals surface area (Å²) in [5.74, 6) is 0.879. The third-order valence-electron chi connectivity index (χ3n) is 2.76. The predicted molar refractivity (Wildman–Crippen MR) is 69.3 cm³/mol. The zero-order valence-corrected chi connectivity index (χ0v) is 11.2. The number of rotatable bonds is 3. The van der Waals surface area contributed by atoms with Crippen molar-refractivity contribution in [2.24, 2.45) is 0 Å². The van der Waals surface area contributed by atoms with Gasteiger partial charge in [0.05, 0.1) is 6.10 Å². The standard InChI is InChI=1S/C12H14BrFOS/c13-9-4-8(5-10(14)7-9)6-11(15)12-2-1-3-16-12/h4-5,7,11-12,15H,1-3,6H2. The lowest BCUT2D eigenvalue weighted by Crippen LogP contribution is -2.23. The highest BCUT2D eigenvalue weighted by Crippen LogP contribution is 2.30. The summed E-state index contributed by atoms with van der Waals surface area (Å²) in [7, 11) is 0. The Bertz CT molecular complexity index is 346. The summed E-state index contributed by atoms with van der Waals surface area (Å²) in [4.78, 5) is 0. The number of benzene rings is 1. The van der Waals surface area contributed by atoms with Crippen molar-refractivity contribution in [1.82, 2.24) is 0 Å². The van der Waals surface area contributed by atoms with Crippen molar-refractivity contribution in [3.8, 4) is 0 Å². The first-order chi connectivity index (χ1) is 7.65. The maximum absolute atomic E-state index is 13.1. The minimum atomic E-state index is -0.360. The topological polar surface area (TPSA) is 20.2 Å². The lowest BCUT2D eigenvalue weighted by molar-refractivity contribution is 0.170. The quantitative estimate of drug-likeness (QED) is 0.924. The van der Waals surface area contributed by atoms with Gasteiger partial charge < -0.3 is 5.11 Å². The van der Waals surface area contributed by atoms with Crippen molar-refractivity contribution in [1.29, 1.82) is 0 Å². The molecule has 1 heterocycles. The summed E-state index contributed by atoms with van der Waals surface area (Å²) in [6.07, 6.45) is 2.43. The maximum Gasteiger partial charge on any atom is 0.124 e. The Morgan fingerprint density at radius 2 is 2.31 bits per heavy atom. The van der Waals surface area contributed by atoms with E-state index in [4.69, 9.17) is 0 Å². The van der Waals surface area contributed by atoms with Crippen molar-refractivity contribution < 1.29 is 9.50 Å². The van der Waals surface area contributed by atoms with Crippen LogP contribution in [0.1, 0.15) is 18.4 Å². The summed E-state index contributed by atoms with van der Waals surface area (Å²) in [6.45, 7) is 0. The molecule has 0 radical (unpaired) electrons. The zero-order chi connectivity index (χ0) is 11.5. The number of aliphatic hydroxyl groups excluding tert-OH is 1. The van der Waals surface area contributed by atoms with E-state index in [0.717, 1.165) is 22.2 Å². The molecule has 88 valence electrons. The van der Waals surface area contributed by atoms with Gasteiger partial charge in [-0.25, -0.2) is 4.39 Å². The summed E-state index contributed by atoms with van der Waals surface area (Å²) < 4.78 is 13.9. The van der Waals surface area contributed by atoms with Crippen LogP contribution in [0.5, 0.6) is 0 Å². The average molecular weight is 305 g/mol. The second-order valence-electron chi connectivity index (χ2n) is 4.10. The Balaban J connectivity index is 2.02. The lowest BCUT2D eigenvalue weighted by Gasteiger charge is -2.17. The fourth-order valence-corrected chi connectivity index (χ4v) is 3.81. The molecule has 0 aliphatic carbocycles. The van der Waals surface area contributed by atoms with Crippen LogP contribution >= 0.6 is 27.7 Å². The summed E-state index contributed by atoms with van der Waals surface area (Å²) in [5.41, 5.74) is 0.854. The highest BCUT2D eigenvalue weighted by atomic mass is 79.9. The van der Waals surface area contributed by atoms with E-state index in [1.807, 2.05) is 17.8 Å². The first-order valence-electron chi connectivity index (χ1n) is 5.40. The Morgan fingerprint density at radius 1 is 1.50 bits per heavy atom. The molecule has 0 spiro atoms. The van der Waals surface area contributed by atoms with Crippen molar-refractivity contribution in [3.63, 3.8) is 0 Å². The van der Waals surface area contributed by atoms with Gasteiger partial charge in [0.25, 0.3) is 0 Å². The third kappa shape index (κ3) is 3.22. The van der Waals surface area contributed by atoms with Gasteiger partial charge in [-0.1, -0.05) is 15.9 Å². The molecule has 16 heavy (non-hydrogen) atoms. The van der Waals surface area contributed by atoms with Crippen molar-refractivity contribution in [2.45, 2.75) is 30.6 Å². The molecule has 0 bridgehead atoms. The lowest BCUT2D eigenvalue weighted by atomic mass is 10.0. The molecule has 1 N–H and O–H groups in total. The predicted octanol–water partition coefficient (Wildman–Crippen LogP) is 3.39. The van der Waals surface area contributed by atoms with E-state index in [9.17, 15) is 9.50 Å². The van der Waals surface area contributed by atoms with Gasteiger partial charge >= 0.3 is 0 Å². The highest BCUT2D eigenvalue weighted by Gasteiger charge is 2.24. The van der Waals surface area contributed by atoms with E-state index in [0.29, 0.717) is 11.7 Å². The molecule has 2 rings (SSSR count). The van der Waals surface area contributed by atoms with Crippen LogP contribution < -0.4 is 0 Å². The molecule has 2 atom stereocenters. The first kappa shape index (κ1) is 12.4. The summed E-state index contributed by atoms with van der Waals surface area (Å²) in [6, 6.07) is 4.79. The molecule has 1 fully saturated rings. The minimum Gasteiger partial charge on any atom is -0.392 e. The first-order valence-corrected chi connectivity index (χ1v) is 7.24. The van der Waals surface area contributed by atoms with Gasteiger partial charge in [0.15, 0.2) is 0 Å². The van der Waals surface area contributed by atoms with E-state index in [1.165, 1.54) is 18.6 Å². The van der Waals surface area contributed by atoms with E-state index in [1.54, 1.807) is 0 Å². The van der Waals surface area contributed by atoms with Gasteiger partial charge in [-0.2, -0.15) is 11.8 Å². The minimum absolute atomic E-state index is 0.254. The number of hydrogen-bond donors (Lipinski definition) is 1. The Morgan fingerprint density at radius 3 is 2.94 bits per heavy atom. The Kier molecular flexibility index (Phi) is 4.27. The van der Waals surface area contributed by atoms with Crippen LogP contribution in [0, 0.1) is 5.82 Å². The number of halogens is 2. The molecule has 1 saturated heterocycles. The third-order valence-corrected chi connectivity index (χ3v) is 4.72. The van der Waals surface area contributed by atoms with Crippen molar-refractivity contribution in [2.75, 3.05) is 5.75 Å². The molecule has 0 aromatic heterocycles. The molecule has 1 aromatic rings. The number of hydrogen-bond acceptors (Lipinski definition) is 2. The molecular weight excluding hydrogens is 291 g/mol. The van der Waals surface area contributed by atoms with Crippen molar-refractivity contribution >= 4 is 27.7 Å². The van der Waals surface area contributed by atoms with Crippen LogP contribution in [0.2, 0.25) is 0 Å². The van der Waals surface area contributed by atoms with Gasteiger partial charge in [-0.05, 0) is 48.8 Å².